The zero-order valence-electron chi connectivity index (χ0n) is 17.0. The van der Waals surface area contributed by atoms with Gasteiger partial charge in [-0.05, 0) is 37.9 Å². The van der Waals surface area contributed by atoms with Crippen LogP contribution in [0, 0.1) is 5.82 Å². The van der Waals surface area contributed by atoms with Crippen LogP contribution >= 0.6 is 0 Å². The Morgan fingerprint density at radius 1 is 1.30 bits per heavy atom. The van der Waals surface area contributed by atoms with Crippen LogP contribution in [0.4, 0.5) is 10.2 Å². The number of aromatic nitrogens is 1. The van der Waals surface area contributed by atoms with Gasteiger partial charge in [-0.3, -0.25) is 9.79 Å². The standard InChI is InChI=1S/C21H25FN4O4/c1-11(23-2)13-7-8-26(20(13)24-3)15-10-17(19(28)18(15)27)30-16-6-5-12(22)9-14(16)21(29)25-4/h5-9,15,17-19,27-28H,3,10H2,1-2,4H3,(H,25,29)/b23-11-/t15-,17+,18+,19-/m1/s1. The van der Waals surface area contributed by atoms with Crippen molar-refractivity contribution < 1.29 is 24.1 Å². The molecule has 1 saturated carbocycles. The monoisotopic (exact) mass is 416 g/mol. The van der Waals surface area contributed by atoms with Gasteiger partial charge in [0.15, 0.2) is 0 Å². The SMILES string of the molecule is C=Nc1c(/C(C)=N\C)ccn1[C@@H]1C[C@H](Oc2ccc(F)cc2C(=O)NC)[C@@H](O)[C@H]1O. The summed E-state index contributed by atoms with van der Waals surface area (Å²) in [6.07, 6.45) is -1.18. The van der Waals surface area contributed by atoms with Crippen LogP contribution in [0.5, 0.6) is 5.75 Å². The highest BCUT2D eigenvalue weighted by molar-refractivity contribution is 6.02. The van der Waals surface area contributed by atoms with Gasteiger partial charge in [-0.1, -0.05) is 0 Å². The molecular formula is C21H25FN4O4. The second kappa shape index (κ2) is 8.76. The van der Waals surface area contributed by atoms with E-state index in [4.69, 9.17) is 4.74 Å². The van der Waals surface area contributed by atoms with Gasteiger partial charge in [0, 0.05) is 38.0 Å². The molecule has 30 heavy (non-hydrogen) atoms. The van der Waals surface area contributed by atoms with E-state index >= 15 is 0 Å². The van der Waals surface area contributed by atoms with Gasteiger partial charge in [-0.25, -0.2) is 9.38 Å². The van der Waals surface area contributed by atoms with Crippen molar-refractivity contribution >= 4 is 24.2 Å². The summed E-state index contributed by atoms with van der Waals surface area (Å²) in [4.78, 5) is 20.3. The quantitative estimate of drug-likeness (QED) is 0.625. The first-order chi connectivity index (χ1) is 14.3. The lowest BCUT2D eigenvalue weighted by atomic mass is 10.1. The van der Waals surface area contributed by atoms with Crippen molar-refractivity contribution in [2.45, 2.75) is 37.7 Å². The summed E-state index contributed by atoms with van der Waals surface area (Å²) in [6.45, 7) is 5.45. The van der Waals surface area contributed by atoms with E-state index in [1.807, 2.05) is 13.0 Å². The first-order valence-corrected chi connectivity index (χ1v) is 9.48. The number of carbonyl (C=O) groups excluding carboxylic acids is 1. The zero-order valence-corrected chi connectivity index (χ0v) is 17.0. The van der Waals surface area contributed by atoms with Crippen molar-refractivity contribution in [3.05, 3.63) is 47.4 Å². The normalized spacial score (nSPS) is 24.0. The molecular weight excluding hydrogens is 391 g/mol. The van der Waals surface area contributed by atoms with E-state index in [9.17, 15) is 19.4 Å². The maximum Gasteiger partial charge on any atom is 0.254 e. The number of halogens is 1. The zero-order chi connectivity index (χ0) is 22.0. The summed E-state index contributed by atoms with van der Waals surface area (Å²) in [5, 5.41) is 23.7. The Morgan fingerprint density at radius 2 is 2.03 bits per heavy atom. The van der Waals surface area contributed by atoms with Crippen molar-refractivity contribution in [1.82, 2.24) is 9.88 Å². The predicted molar refractivity (Wildman–Crippen MR) is 112 cm³/mol. The van der Waals surface area contributed by atoms with Crippen LogP contribution in [0.2, 0.25) is 0 Å². The predicted octanol–water partition coefficient (Wildman–Crippen LogP) is 1.87. The smallest absolute Gasteiger partial charge is 0.254 e. The topological polar surface area (TPSA) is 108 Å². The number of benzene rings is 1. The molecule has 0 saturated heterocycles. The van der Waals surface area contributed by atoms with Gasteiger partial charge in [0.2, 0.25) is 0 Å². The molecule has 9 heteroatoms. The Hall–Kier alpha value is -3.04. The fourth-order valence-corrected chi connectivity index (χ4v) is 3.72. The van der Waals surface area contributed by atoms with Gasteiger partial charge in [0.05, 0.1) is 11.6 Å². The highest BCUT2D eigenvalue weighted by Crippen LogP contribution is 2.38. The number of rotatable bonds is 6. The average Bonchev–Trinajstić information content (AvgIpc) is 3.29. The summed E-state index contributed by atoms with van der Waals surface area (Å²) in [5.74, 6) is -0.448. The third-order valence-corrected chi connectivity index (χ3v) is 5.41. The largest absolute Gasteiger partial charge is 0.487 e. The van der Waals surface area contributed by atoms with Crippen molar-refractivity contribution in [3.8, 4) is 5.75 Å². The van der Waals surface area contributed by atoms with E-state index in [1.165, 1.54) is 19.2 Å². The Kier molecular flexibility index (Phi) is 6.33. The third-order valence-electron chi connectivity index (χ3n) is 5.41. The minimum Gasteiger partial charge on any atom is -0.487 e. The van der Waals surface area contributed by atoms with Crippen molar-refractivity contribution in [2.75, 3.05) is 14.1 Å². The Labute approximate surface area is 173 Å². The molecule has 1 amide bonds. The molecule has 2 aromatic rings. The average molecular weight is 416 g/mol. The molecule has 0 spiro atoms. The lowest BCUT2D eigenvalue weighted by Crippen LogP contribution is -2.34. The Balaban J connectivity index is 1.90. The summed E-state index contributed by atoms with van der Waals surface area (Å²) in [5.41, 5.74) is 1.55. The fraction of sp³-hybridized carbons (Fsp3) is 0.381. The second-order valence-electron chi connectivity index (χ2n) is 7.09. The van der Waals surface area contributed by atoms with Gasteiger partial charge in [0.25, 0.3) is 5.91 Å². The number of aliphatic imine (C=N–C) groups is 2. The van der Waals surface area contributed by atoms with Gasteiger partial charge >= 0.3 is 0 Å². The maximum atomic E-state index is 13.6. The van der Waals surface area contributed by atoms with Crippen LogP contribution in [0.25, 0.3) is 0 Å². The van der Waals surface area contributed by atoms with Crippen LogP contribution in [0.3, 0.4) is 0 Å². The first kappa shape index (κ1) is 21.7. The number of amides is 1. The number of hydrogen-bond donors (Lipinski definition) is 3. The van der Waals surface area contributed by atoms with E-state index in [0.717, 1.165) is 17.3 Å². The molecule has 1 aromatic carbocycles. The van der Waals surface area contributed by atoms with Crippen LogP contribution in [-0.2, 0) is 0 Å². The minimum atomic E-state index is -1.22. The van der Waals surface area contributed by atoms with Crippen molar-refractivity contribution in [2.24, 2.45) is 9.98 Å². The maximum absolute atomic E-state index is 13.6. The number of nitrogens with zero attached hydrogens (tertiary/aromatic N) is 3. The molecule has 4 atom stereocenters. The van der Waals surface area contributed by atoms with Gasteiger partial charge in [-0.2, -0.15) is 0 Å². The summed E-state index contributed by atoms with van der Waals surface area (Å²) in [6, 6.07) is 4.85. The van der Waals surface area contributed by atoms with E-state index in [-0.39, 0.29) is 17.7 Å². The van der Waals surface area contributed by atoms with Crippen LogP contribution < -0.4 is 10.1 Å². The lowest BCUT2D eigenvalue weighted by molar-refractivity contribution is -0.0166. The molecule has 0 radical (unpaired) electrons. The molecule has 0 unspecified atom stereocenters. The molecule has 1 heterocycles. The molecule has 160 valence electrons. The molecule has 8 nitrogen and oxygen atoms in total. The second-order valence-corrected chi connectivity index (χ2v) is 7.09. The van der Waals surface area contributed by atoms with Gasteiger partial charge < -0.3 is 24.8 Å². The Morgan fingerprint density at radius 3 is 2.67 bits per heavy atom. The molecule has 1 fully saturated rings. The van der Waals surface area contributed by atoms with Gasteiger partial charge in [0.1, 0.15) is 35.7 Å². The number of ether oxygens (including phenoxy) is 1. The lowest BCUT2D eigenvalue weighted by Gasteiger charge is -2.20. The minimum absolute atomic E-state index is 0.00844. The van der Waals surface area contributed by atoms with E-state index in [1.54, 1.807) is 17.8 Å². The molecule has 0 aliphatic heterocycles. The van der Waals surface area contributed by atoms with Crippen LogP contribution in [0.15, 0.2) is 40.4 Å². The first-order valence-electron chi connectivity index (χ1n) is 9.48. The fourth-order valence-electron chi connectivity index (χ4n) is 3.72. The third kappa shape index (κ3) is 3.86. The number of aliphatic hydroxyl groups is 2. The Bertz CT molecular complexity index is 987. The molecule has 1 aliphatic carbocycles. The van der Waals surface area contributed by atoms with Crippen LogP contribution in [0.1, 0.15) is 35.3 Å². The highest BCUT2D eigenvalue weighted by atomic mass is 19.1. The van der Waals surface area contributed by atoms with E-state index in [2.05, 4.69) is 22.0 Å². The molecule has 1 aromatic heterocycles. The number of hydrogen-bond acceptors (Lipinski definition) is 6. The molecule has 0 bridgehead atoms. The summed E-state index contributed by atoms with van der Waals surface area (Å²) in [7, 11) is 3.10. The van der Waals surface area contributed by atoms with E-state index < -0.39 is 36.1 Å². The molecule has 1 aliphatic rings. The highest BCUT2D eigenvalue weighted by Gasteiger charge is 2.45. The number of aliphatic hydroxyl groups excluding tert-OH is 2. The van der Waals surface area contributed by atoms with Crippen molar-refractivity contribution in [3.63, 3.8) is 0 Å². The number of carbonyl (C=O) groups is 1. The van der Waals surface area contributed by atoms with Crippen LogP contribution in [-0.4, -0.2) is 65.5 Å². The molecule has 3 rings (SSSR count). The summed E-state index contributed by atoms with van der Waals surface area (Å²) < 4.78 is 21.2. The van der Waals surface area contributed by atoms with Gasteiger partial charge in [-0.15, -0.1) is 0 Å². The van der Waals surface area contributed by atoms with E-state index in [0.29, 0.717) is 5.82 Å². The number of nitrogens with one attached hydrogen (secondary N) is 1. The molecule has 3 N–H and O–H groups in total. The van der Waals surface area contributed by atoms with Crippen molar-refractivity contribution in [1.29, 1.82) is 0 Å². The summed E-state index contributed by atoms with van der Waals surface area (Å²) >= 11 is 0.